The molecule has 2 aliphatic rings. The van der Waals surface area contributed by atoms with Gasteiger partial charge in [0.15, 0.2) is 5.96 Å². The maximum Gasteiger partial charge on any atom is 0.191 e. The lowest BCUT2D eigenvalue weighted by Crippen LogP contribution is -2.54. The Kier molecular flexibility index (Phi) is 13.7. The minimum atomic E-state index is 0. The predicted molar refractivity (Wildman–Crippen MR) is 135 cm³/mol. The largest absolute Gasteiger partial charge is 0.381 e. The summed E-state index contributed by atoms with van der Waals surface area (Å²) in [6.07, 6.45) is 7.27. The van der Waals surface area contributed by atoms with E-state index < -0.39 is 0 Å². The smallest absolute Gasteiger partial charge is 0.191 e. The first-order chi connectivity index (χ1) is 13.6. The average Bonchev–Trinajstić information content (AvgIpc) is 3.26. The molecule has 6 nitrogen and oxygen atoms in total. The minimum Gasteiger partial charge on any atom is -0.381 e. The zero-order valence-corrected chi connectivity index (χ0v) is 21.7. The number of aliphatic imine (C=N–C) groups is 1. The zero-order chi connectivity index (χ0) is 20.2. The Morgan fingerprint density at radius 1 is 1.14 bits per heavy atom. The van der Waals surface area contributed by atoms with Crippen LogP contribution < -0.4 is 10.6 Å². The van der Waals surface area contributed by atoms with E-state index >= 15 is 0 Å². The molecule has 0 radical (unpaired) electrons. The van der Waals surface area contributed by atoms with Crippen LogP contribution in [0.25, 0.3) is 0 Å². The number of guanidine groups is 1. The van der Waals surface area contributed by atoms with Gasteiger partial charge in [0.25, 0.3) is 0 Å². The van der Waals surface area contributed by atoms with Gasteiger partial charge in [-0.2, -0.15) is 0 Å². The monoisotopic (exact) mass is 523 g/mol. The number of halogens is 1. The molecule has 2 N–H and O–H groups in total. The Hall–Kier alpha value is -0.120. The van der Waals surface area contributed by atoms with Crippen molar-refractivity contribution in [2.75, 3.05) is 59.0 Å². The number of nitrogens with zero attached hydrogens (tertiary/aromatic N) is 3. The molecule has 1 unspecified atom stereocenters. The second-order valence-corrected chi connectivity index (χ2v) is 8.44. The quantitative estimate of drug-likeness (QED) is 0.247. The predicted octanol–water partition coefficient (Wildman–Crippen LogP) is 3.32. The molecule has 0 aromatic rings. The van der Waals surface area contributed by atoms with Crippen molar-refractivity contribution in [3.8, 4) is 0 Å². The topological polar surface area (TPSA) is 52.1 Å². The van der Waals surface area contributed by atoms with Crippen LogP contribution in [0, 0.1) is 0 Å². The Bertz CT molecular complexity index is 446. The number of hydrogen-bond donors (Lipinski definition) is 2. The molecule has 29 heavy (non-hydrogen) atoms. The fourth-order valence-electron chi connectivity index (χ4n) is 4.53. The summed E-state index contributed by atoms with van der Waals surface area (Å²) in [5.74, 6) is 0.975. The number of nitrogens with one attached hydrogen (secondary N) is 2. The van der Waals surface area contributed by atoms with Crippen LogP contribution in [0.2, 0.25) is 0 Å². The highest BCUT2D eigenvalue weighted by Crippen LogP contribution is 2.31. The van der Waals surface area contributed by atoms with Crippen LogP contribution in [0.3, 0.4) is 0 Å². The van der Waals surface area contributed by atoms with Crippen LogP contribution in [-0.2, 0) is 4.74 Å². The van der Waals surface area contributed by atoms with Gasteiger partial charge in [0, 0.05) is 31.3 Å². The molecule has 2 rings (SSSR count). The van der Waals surface area contributed by atoms with Gasteiger partial charge in [0.05, 0.1) is 6.54 Å². The van der Waals surface area contributed by atoms with Gasteiger partial charge in [0.2, 0.25) is 0 Å². The Labute approximate surface area is 196 Å². The van der Waals surface area contributed by atoms with Crippen LogP contribution in [0.1, 0.15) is 66.2 Å². The number of likely N-dealkylation sites (tertiary alicyclic amines) is 1. The third kappa shape index (κ3) is 8.87. The van der Waals surface area contributed by atoms with E-state index in [0.29, 0.717) is 6.04 Å². The van der Waals surface area contributed by atoms with Crippen LogP contribution in [0.15, 0.2) is 4.99 Å². The third-order valence-electron chi connectivity index (χ3n) is 6.47. The molecule has 2 saturated heterocycles. The molecule has 0 amide bonds. The molecule has 172 valence electrons. The molecule has 0 aliphatic carbocycles. The maximum atomic E-state index is 5.67. The second kappa shape index (κ2) is 14.8. The van der Waals surface area contributed by atoms with Crippen LogP contribution >= 0.6 is 24.0 Å². The van der Waals surface area contributed by atoms with E-state index in [0.717, 1.165) is 58.2 Å². The van der Waals surface area contributed by atoms with Gasteiger partial charge in [-0.25, -0.2) is 0 Å². The van der Waals surface area contributed by atoms with Crippen LogP contribution in [0.5, 0.6) is 0 Å². The molecule has 7 heteroatoms. The van der Waals surface area contributed by atoms with Gasteiger partial charge in [-0.1, -0.05) is 13.8 Å². The highest BCUT2D eigenvalue weighted by atomic mass is 127. The molecular weight excluding hydrogens is 477 g/mol. The minimum absolute atomic E-state index is 0. The Morgan fingerprint density at radius 2 is 1.79 bits per heavy atom. The van der Waals surface area contributed by atoms with Crippen molar-refractivity contribution in [2.45, 2.75) is 77.8 Å². The van der Waals surface area contributed by atoms with E-state index in [2.05, 4.69) is 48.1 Å². The van der Waals surface area contributed by atoms with Crippen molar-refractivity contribution in [1.29, 1.82) is 0 Å². The summed E-state index contributed by atoms with van der Waals surface area (Å²) in [6.45, 7) is 18.3. The van der Waals surface area contributed by atoms with Crippen molar-refractivity contribution in [3.05, 3.63) is 0 Å². The van der Waals surface area contributed by atoms with Gasteiger partial charge in [-0.3, -0.25) is 9.89 Å². The van der Waals surface area contributed by atoms with Gasteiger partial charge < -0.3 is 20.3 Å². The average molecular weight is 524 g/mol. The normalized spacial score (nSPS) is 21.1. The summed E-state index contributed by atoms with van der Waals surface area (Å²) in [4.78, 5) is 10.2. The van der Waals surface area contributed by atoms with Crippen molar-refractivity contribution in [2.24, 2.45) is 4.99 Å². The molecule has 0 spiro atoms. The molecule has 2 fully saturated rings. The van der Waals surface area contributed by atoms with E-state index in [-0.39, 0.29) is 29.5 Å². The second-order valence-electron chi connectivity index (χ2n) is 8.44. The molecule has 0 saturated carbocycles. The molecule has 0 bridgehead atoms. The van der Waals surface area contributed by atoms with E-state index in [1.54, 1.807) is 0 Å². The molecule has 1 atom stereocenters. The first-order valence-corrected chi connectivity index (χ1v) is 11.7. The standard InChI is InChI=1S/C22H45N5O.HI/c1-5-23-21(25-20(4)11-10-14-26(6-2)7-3)24-19-22(12-17-28-18-13-22)27-15-8-9-16-27;/h20H,5-19H2,1-4H3,(H2,23,24,25);1H. The maximum absolute atomic E-state index is 5.67. The molecule has 0 aromatic heterocycles. The van der Waals surface area contributed by atoms with Crippen molar-refractivity contribution >= 4 is 29.9 Å². The summed E-state index contributed by atoms with van der Waals surface area (Å²) in [6, 6.07) is 0.436. The van der Waals surface area contributed by atoms with E-state index in [9.17, 15) is 0 Å². The van der Waals surface area contributed by atoms with Gasteiger partial charge >= 0.3 is 0 Å². The van der Waals surface area contributed by atoms with Crippen molar-refractivity contribution in [1.82, 2.24) is 20.4 Å². The fourth-order valence-corrected chi connectivity index (χ4v) is 4.53. The van der Waals surface area contributed by atoms with Crippen molar-refractivity contribution < 1.29 is 4.74 Å². The van der Waals surface area contributed by atoms with E-state index in [1.165, 1.54) is 45.3 Å². The lowest BCUT2D eigenvalue weighted by atomic mass is 9.88. The molecule has 2 heterocycles. The van der Waals surface area contributed by atoms with Gasteiger partial charge in [-0.05, 0) is 85.1 Å². The van der Waals surface area contributed by atoms with Crippen molar-refractivity contribution in [3.63, 3.8) is 0 Å². The first kappa shape index (κ1) is 26.9. The van der Waals surface area contributed by atoms with Crippen LogP contribution in [0.4, 0.5) is 0 Å². The number of hydrogen-bond acceptors (Lipinski definition) is 4. The highest BCUT2D eigenvalue weighted by Gasteiger charge is 2.39. The summed E-state index contributed by atoms with van der Waals surface area (Å²) < 4.78 is 5.67. The summed E-state index contributed by atoms with van der Waals surface area (Å²) in [5.41, 5.74) is 0.198. The first-order valence-electron chi connectivity index (χ1n) is 11.7. The van der Waals surface area contributed by atoms with Crippen LogP contribution in [-0.4, -0.2) is 86.4 Å². The number of ether oxygens (including phenoxy) is 1. The fraction of sp³-hybridized carbons (Fsp3) is 0.955. The van der Waals surface area contributed by atoms with Gasteiger partial charge in [-0.15, -0.1) is 24.0 Å². The Balaban J connectivity index is 0.00000420. The number of rotatable bonds is 11. The lowest BCUT2D eigenvalue weighted by Gasteiger charge is -2.43. The zero-order valence-electron chi connectivity index (χ0n) is 19.3. The SMILES string of the molecule is CCNC(=NCC1(N2CCCC2)CCOCC1)NC(C)CCCN(CC)CC.I. The van der Waals surface area contributed by atoms with E-state index in [4.69, 9.17) is 9.73 Å². The molecular formula is C22H46IN5O. The van der Waals surface area contributed by atoms with Gasteiger partial charge in [0.1, 0.15) is 0 Å². The molecule has 2 aliphatic heterocycles. The lowest BCUT2D eigenvalue weighted by molar-refractivity contribution is -0.0139. The van der Waals surface area contributed by atoms with E-state index in [1.807, 2.05) is 0 Å². The summed E-state index contributed by atoms with van der Waals surface area (Å²) in [7, 11) is 0. The summed E-state index contributed by atoms with van der Waals surface area (Å²) >= 11 is 0. The highest BCUT2D eigenvalue weighted by molar-refractivity contribution is 14.0. The summed E-state index contributed by atoms with van der Waals surface area (Å²) in [5, 5.41) is 7.11. The molecule has 0 aromatic carbocycles. The Morgan fingerprint density at radius 3 is 2.38 bits per heavy atom. The third-order valence-corrected chi connectivity index (χ3v) is 6.47.